The highest BCUT2D eigenvalue weighted by Gasteiger charge is 2.32. The van der Waals surface area contributed by atoms with Gasteiger partial charge >= 0.3 is 0 Å². The zero-order valence-electron chi connectivity index (χ0n) is 19.0. The van der Waals surface area contributed by atoms with Gasteiger partial charge in [-0.1, -0.05) is 24.3 Å². The number of hydrogen-bond donors (Lipinski definition) is 2. The first kappa shape index (κ1) is 21.9. The van der Waals surface area contributed by atoms with Crippen LogP contribution in [-0.4, -0.2) is 37.3 Å². The standard InChI is InChI=1S/C25H32N4OS/c1-16-14-18(11-12-25(3,4)30)9-10-19(16)23-21-22(20-8-6-7-13-26-20)28-29(5)24(21)27-17(2)15-31-23/h6-10,13-14,17,23,27,30H,11-12,15H2,1-5H3. The van der Waals surface area contributed by atoms with Gasteiger partial charge in [-0.25, -0.2) is 0 Å². The molecule has 2 atom stereocenters. The number of pyridine rings is 1. The van der Waals surface area contributed by atoms with E-state index < -0.39 is 5.60 Å². The van der Waals surface area contributed by atoms with Crippen LogP contribution in [0.5, 0.6) is 0 Å². The molecule has 6 heteroatoms. The first-order valence-corrected chi connectivity index (χ1v) is 12.0. The Morgan fingerprint density at radius 3 is 2.74 bits per heavy atom. The Morgan fingerprint density at radius 2 is 2.06 bits per heavy atom. The second-order valence-electron chi connectivity index (χ2n) is 9.21. The van der Waals surface area contributed by atoms with Crippen molar-refractivity contribution in [2.24, 2.45) is 7.05 Å². The van der Waals surface area contributed by atoms with E-state index in [1.807, 2.05) is 61.7 Å². The van der Waals surface area contributed by atoms with E-state index in [0.717, 1.165) is 35.8 Å². The van der Waals surface area contributed by atoms with Gasteiger partial charge in [0, 0.05) is 30.6 Å². The van der Waals surface area contributed by atoms with Gasteiger partial charge in [-0.3, -0.25) is 9.67 Å². The van der Waals surface area contributed by atoms with Crippen molar-refractivity contribution in [1.29, 1.82) is 0 Å². The molecule has 4 rings (SSSR count). The summed E-state index contributed by atoms with van der Waals surface area (Å²) in [5.74, 6) is 2.09. The van der Waals surface area contributed by atoms with E-state index in [1.54, 1.807) is 0 Å². The quantitative estimate of drug-likeness (QED) is 0.580. The minimum Gasteiger partial charge on any atom is -0.390 e. The third kappa shape index (κ3) is 4.80. The molecule has 0 fully saturated rings. The maximum Gasteiger partial charge on any atom is 0.129 e. The van der Waals surface area contributed by atoms with Gasteiger partial charge in [-0.15, -0.1) is 11.8 Å². The Labute approximate surface area is 189 Å². The normalized spacial score (nSPS) is 18.9. The second-order valence-corrected chi connectivity index (χ2v) is 10.3. The molecule has 3 aromatic rings. The lowest BCUT2D eigenvalue weighted by atomic mass is 9.93. The lowest BCUT2D eigenvalue weighted by Crippen LogP contribution is -2.19. The van der Waals surface area contributed by atoms with E-state index in [1.165, 1.54) is 22.3 Å². The lowest BCUT2D eigenvalue weighted by molar-refractivity contribution is 0.0714. The average Bonchev–Trinajstić information content (AvgIpc) is 2.93. The Balaban J connectivity index is 1.77. The molecule has 0 saturated carbocycles. The SMILES string of the molecule is Cc1cc(CCC(C)(C)O)ccc1C1SCC(C)Nc2c1c(-c1ccccn1)nn2C. The lowest BCUT2D eigenvalue weighted by Gasteiger charge is -2.20. The molecular weight excluding hydrogens is 404 g/mol. The topological polar surface area (TPSA) is 63.0 Å². The molecule has 31 heavy (non-hydrogen) atoms. The van der Waals surface area contributed by atoms with Gasteiger partial charge in [0.2, 0.25) is 0 Å². The predicted octanol–water partition coefficient (Wildman–Crippen LogP) is 5.13. The number of thioether (sulfide) groups is 1. The highest BCUT2D eigenvalue weighted by atomic mass is 32.2. The van der Waals surface area contributed by atoms with Crippen LogP contribution in [0.2, 0.25) is 0 Å². The van der Waals surface area contributed by atoms with Crippen LogP contribution in [0.4, 0.5) is 5.82 Å². The van der Waals surface area contributed by atoms with Gasteiger partial charge in [-0.05, 0) is 69.4 Å². The minimum absolute atomic E-state index is 0.182. The molecule has 0 amide bonds. The third-order valence-corrected chi connectivity index (χ3v) is 7.31. The maximum atomic E-state index is 10.1. The van der Waals surface area contributed by atoms with Gasteiger partial charge in [0.05, 0.1) is 16.5 Å². The molecule has 0 spiro atoms. The smallest absolute Gasteiger partial charge is 0.129 e. The van der Waals surface area contributed by atoms with Crippen LogP contribution in [0.25, 0.3) is 11.4 Å². The molecule has 0 aliphatic carbocycles. The van der Waals surface area contributed by atoms with Gasteiger partial charge in [0.15, 0.2) is 0 Å². The van der Waals surface area contributed by atoms with Crippen molar-refractivity contribution in [2.75, 3.05) is 11.1 Å². The Morgan fingerprint density at radius 1 is 1.26 bits per heavy atom. The summed E-state index contributed by atoms with van der Waals surface area (Å²) in [5.41, 5.74) is 6.28. The van der Waals surface area contributed by atoms with Gasteiger partial charge in [0.25, 0.3) is 0 Å². The molecular formula is C25H32N4OS. The number of benzene rings is 1. The van der Waals surface area contributed by atoms with Gasteiger partial charge in [0.1, 0.15) is 11.5 Å². The number of fused-ring (bicyclic) bond motifs is 1. The summed E-state index contributed by atoms with van der Waals surface area (Å²) in [6.45, 7) is 8.15. The fourth-order valence-corrected chi connectivity index (χ4v) is 5.53. The molecule has 2 aromatic heterocycles. The molecule has 164 valence electrons. The van der Waals surface area contributed by atoms with E-state index in [0.29, 0.717) is 6.04 Å². The zero-order chi connectivity index (χ0) is 22.2. The van der Waals surface area contributed by atoms with Crippen molar-refractivity contribution in [1.82, 2.24) is 14.8 Å². The molecule has 0 radical (unpaired) electrons. The third-order valence-electron chi connectivity index (χ3n) is 5.79. The van der Waals surface area contributed by atoms with E-state index in [2.05, 4.69) is 42.3 Å². The number of aryl methyl sites for hydroxylation is 3. The first-order chi connectivity index (χ1) is 14.7. The second kappa shape index (κ2) is 8.67. The number of aliphatic hydroxyl groups is 1. The molecule has 1 aromatic carbocycles. The van der Waals surface area contributed by atoms with E-state index >= 15 is 0 Å². The summed E-state index contributed by atoms with van der Waals surface area (Å²) in [7, 11) is 2.00. The van der Waals surface area contributed by atoms with Crippen LogP contribution in [0.1, 0.15) is 54.7 Å². The number of hydrogen-bond acceptors (Lipinski definition) is 5. The number of anilines is 1. The van der Waals surface area contributed by atoms with Crippen molar-refractivity contribution in [3.8, 4) is 11.4 Å². The highest BCUT2D eigenvalue weighted by molar-refractivity contribution is 7.99. The van der Waals surface area contributed by atoms with Gasteiger partial charge in [-0.2, -0.15) is 5.10 Å². The summed E-state index contributed by atoms with van der Waals surface area (Å²) in [6.07, 6.45) is 3.45. The Hall–Kier alpha value is -2.31. The molecule has 1 aliphatic rings. The van der Waals surface area contributed by atoms with E-state index in [-0.39, 0.29) is 5.25 Å². The summed E-state index contributed by atoms with van der Waals surface area (Å²) < 4.78 is 1.96. The summed E-state index contributed by atoms with van der Waals surface area (Å²) in [6, 6.07) is 13.1. The molecule has 2 unspecified atom stereocenters. The van der Waals surface area contributed by atoms with E-state index in [9.17, 15) is 5.11 Å². The zero-order valence-corrected chi connectivity index (χ0v) is 19.8. The summed E-state index contributed by atoms with van der Waals surface area (Å²) >= 11 is 1.96. The van der Waals surface area contributed by atoms with Crippen LogP contribution < -0.4 is 5.32 Å². The number of aromatic nitrogens is 3. The summed E-state index contributed by atoms with van der Waals surface area (Å²) in [5, 5.41) is 18.8. The van der Waals surface area contributed by atoms with Gasteiger partial charge < -0.3 is 10.4 Å². The fraction of sp³-hybridized carbons (Fsp3) is 0.440. The molecule has 0 saturated heterocycles. The van der Waals surface area contributed by atoms with E-state index in [4.69, 9.17) is 5.10 Å². The van der Waals surface area contributed by atoms with Crippen LogP contribution in [-0.2, 0) is 13.5 Å². The molecule has 1 aliphatic heterocycles. The molecule has 0 bridgehead atoms. The molecule has 5 nitrogen and oxygen atoms in total. The van der Waals surface area contributed by atoms with Crippen LogP contribution in [0, 0.1) is 6.92 Å². The predicted molar refractivity (Wildman–Crippen MR) is 130 cm³/mol. The summed E-state index contributed by atoms with van der Waals surface area (Å²) in [4.78, 5) is 4.60. The van der Waals surface area contributed by atoms with Crippen LogP contribution in [0.3, 0.4) is 0 Å². The van der Waals surface area contributed by atoms with Crippen molar-refractivity contribution in [3.63, 3.8) is 0 Å². The number of rotatable bonds is 5. The first-order valence-electron chi connectivity index (χ1n) is 10.9. The maximum absolute atomic E-state index is 10.1. The van der Waals surface area contributed by atoms with Crippen molar-refractivity contribution in [3.05, 3.63) is 64.8 Å². The molecule has 3 heterocycles. The monoisotopic (exact) mass is 436 g/mol. The van der Waals surface area contributed by atoms with Crippen molar-refractivity contribution in [2.45, 2.75) is 57.4 Å². The van der Waals surface area contributed by atoms with Crippen molar-refractivity contribution < 1.29 is 5.11 Å². The van der Waals surface area contributed by atoms with Crippen molar-refractivity contribution >= 4 is 17.6 Å². The Kier molecular flexibility index (Phi) is 6.13. The average molecular weight is 437 g/mol. The van der Waals surface area contributed by atoms with Crippen LogP contribution in [0.15, 0.2) is 42.6 Å². The largest absolute Gasteiger partial charge is 0.390 e. The fourth-order valence-electron chi connectivity index (χ4n) is 4.13. The number of nitrogens with one attached hydrogen (secondary N) is 1. The Bertz CT molecular complexity index is 1060. The minimum atomic E-state index is -0.645. The highest BCUT2D eigenvalue weighted by Crippen LogP contribution is 2.47. The van der Waals surface area contributed by atoms with Crippen LogP contribution >= 0.6 is 11.8 Å². The molecule has 2 N–H and O–H groups in total. The number of nitrogens with zero attached hydrogens (tertiary/aromatic N) is 3.